The van der Waals surface area contributed by atoms with Crippen molar-refractivity contribution in [1.29, 1.82) is 0 Å². The Morgan fingerprint density at radius 3 is 2.33 bits per heavy atom. The van der Waals surface area contributed by atoms with Crippen LogP contribution in [0.4, 0.5) is 0 Å². The molecule has 2 nitrogen and oxygen atoms in total. The Labute approximate surface area is 121 Å². The summed E-state index contributed by atoms with van der Waals surface area (Å²) in [6, 6.07) is 25.7. The van der Waals surface area contributed by atoms with Crippen molar-refractivity contribution in [3.63, 3.8) is 0 Å². The molecule has 0 aliphatic heterocycles. The van der Waals surface area contributed by atoms with Crippen molar-refractivity contribution in [2.45, 2.75) is 0 Å². The third-order valence-corrected chi connectivity index (χ3v) is 3.75. The predicted molar refractivity (Wildman–Crippen MR) is 86.6 cm³/mol. The number of para-hydroxylation sites is 1. The zero-order valence-electron chi connectivity index (χ0n) is 11.4. The third-order valence-electron chi connectivity index (χ3n) is 3.75. The molecule has 4 rings (SSSR count). The number of rotatable bonds is 1. The number of benzene rings is 2. The summed E-state index contributed by atoms with van der Waals surface area (Å²) in [5.74, 6) is 0. The van der Waals surface area contributed by atoms with Gasteiger partial charge in [-0.25, -0.2) is 0 Å². The minimum absolute atomic E-state index is 0.0316. The van der Waals surface area contributed by atoms with Gasteiger partial charge in [-0.05, 0) is 23.1 Å². The first-order valence-electron chi connectivity index (χ1n) is 6.93. The molecule has 4 aromatic rings. The lowest BCUT2D eigenvalue weighted by Crippen LogP contribution is -2.05. The quantitative estimate of drug-likeness (QED) is 0.477. The van der Waals surface area contributed by atoms with Gasteiger partial charge in [-0.2, -0.15) is 0 Å². The first-order valence-corrected chi connectivity index (χ1v) is 6.93. The smallest absolute Gasteiger partial charge is 0.182 e. The highest BCUT2D eigenvalue weighted by Gasteiger charge is 2.07. The number of aromatic nitrogens is 1. The first kappa shape index (κ1) is 11.9. The van der Waals surface area contributed by atoms with Gasteiger partial charge in [-0.3, -0.25) is 4.79 Å². The fraction of sp³-hybridized carbons (Fsp3) is 0. The number of fused-ring (bicyclic) bond motifs is 3. The summed E-state index contributed by atoms with van der Waals surface area (Å²) in [5, 5.41) is 1.16. The average molecular weight is 271 g/mol. The lowest BCUT2D eigenvalue weighted by Gasteiger charge is -2.12. The van der Waals surface area contributed by atoms with Gasteiger partial charge in [-0.15, -0.1) is 0 Å². The average Bonchev–Trinajstić information content (AvgIpc) is 2.54. The van der Waals surface area contributed by atoms with Crippen molar-refractivity contribution in [1.82, 2.24) is 4.40 Å². The van der Waals surface area contributed by atoms with E-state index < -0.39 is 0 Å². The van der Waals surface area contributed by atoms with E-state index in [0.29, 0.717) is 0 Å². The molecule has 0 fully saturated rings. The first-order chi connectivity index (χ1) is 10.3. The molecule has 100 valence electrons. The van der Waals surface area contributed by atoms with Crippen LogP contribution in [-0.4, -0.2) is 4.40 Å². The van der Waals surface area contributed by atoms with Crippen LogP contribution in [0.1, 0.15) is 0 Å². The molecular formula is C19H13NO. The van der Waals surface area contributed by atoms with Crippen LogP contribution in [0, 0.1) is 0 Å². The van der Waals surface area contributed by atoms with E-state index in [-0.39, 0.29) is 5.43 Å². The highest BCUT2D eigenvalue weighted by Crippen LogP contribution is 2.24. The van der Waals surface area contributed by atoms with E-state index >= 15 is 0 Å². The molecular weight excluding hydrogens is 258 g/mol. The van der Waals surface area contributed by atoms with Gasteiger partial charge in [0.25, 0.3) is 0 Å². The number of hydrogen-bond acceptors (Lipinski definition) is 1. The van der Waals surface area contributed by atoms with Crippen LogP contribution in [0.15, 0.2) is 83.7 Å². The maximum absolute atomic E-state index is 12.0. The van der Waals surface area contributed by atoms with Gasteiger partial charge in [0, 0.05) is 12.1 Å². The summed E-state index contributed by atoms with van der Waals surface area (Å²) >= 11 is 0. The van der Waals surface area contributed by atoms with E-state index in [4.69, 9.17) is 0 Å². The molecule has 2 heteroatoms. The zero-order valence-corrected chi connectivity index (χ0v) is 11.4. The van der Waals surface area contributed by atoms with Crippen LogP contribution in [0.2, 0.25) is 0 Å². The molecule has 0 spiro atoms. The third kappa shape index (κ3) is 1.93. The number of hydrogen-bond donors (Lipinski definition) is 0. The van der Waals surface area contributed by atoms with Crippen LogP contribution in [0.5, 0.6) is 0 Å². The molecule has 0 aliphatic rings. The summed E-state index contributed by atoms with van der Waals surface area (Å²) in [6.45, 7) is 0. The van der Waals surface area contributed by atoms with Crippen LogP contribution >= 0.6 is 0 Å². The van der Waals surface area contributed by atoms with E-state index in [0.717, 1.165) is 27.7 Å². The Kier molecular flexibility index (Phi) is 2.61. The lowest BCUT2D eigenvalue weighted by atomic mass is 10.1. The molecule has 2 aromatic heterocycles. The maximum atomic E-state index is 12.0. The van der Waals surface area contributed by atoms with Gasteiger partial charge in [0.05, 0.1) is 16.7 Å². The lowest BCUT2D eigenvalue weighted by molar-refractivity contribution is 1.22. The van der Waals surface area contributed by atoms with Gasteiger partial charge < -0.3 is 4.40 Å². The Balaban J connectivity index is 2.24. The summed E-state index contributed by atoms with van der Waals surface area (Å²) in [5.41, 5.74) is 4.02. The van der Waals surface area contributed by atoms with E-state index in [1.54, 1.807) is 12.1 Å². The molecule has 0 atom stereocenters. The molecule has 2 aromatic carbocycles. The normalized spacial score (nSPS) is 11.0. The van der Waals surface area contributed by atoms with Crippen molar-refractivity contribution in [3.05, 3.63) is 89.1 Å². The van der Waals surface area contributed by atoms with E-state index in [1.807, 2.05) is 48.5 Å². The molecule has 21 heavy (non-hydrogen) atoms. The number of nitrogens with zero attached hydrogens (tertiary/aromatic N) is 1. The van der Waals surface area contributed by atoms with Crippen LogP contribution in [-0.2, 0) is 0 Å². The molecule has 0 amide bonds. The van der Waals surface area contributed by atoms with Gasteiger partial charge in [-0.1, -0.05) is 54.6 Å². The van der Waals surface area contributed by atoms with Crippen molar-refractivity contribution >= 4 is 16.4 Å². The summed E-state index contributed by atoms with van der Waals surface area (Å²) in [7, 11) is 0. The maximum Gasteiger partial charge on any atom is 0.182 e. The molecule has 0 bridgehead atoms. The fourth-order valence-electron chi connectivity index (χ4n) is 2.81. The van der Waals surface area contributed by atoms with Crippen molar-refractivity contribution in [3.8, 4) is 11.3 Å². The Bertz CT molecular complexity index is 1000. The number of pyridine rings is 2. The molecule has 0 aliphatic carbocycles. The Morgan fingerprint density at radius 2 is 1.48 bits per heavy atom. The van der Waals surface area contributed by atoms with E-state index in [1.165, 1.54) is 0 Å². The van der Waals surface area contributed by atoms with Gasteiger partial charge in [0.2, 0.25) is 0 Å². The van der Waals surface area contributed by atoms with E-state index in [2.05, 4.69) is 22.6 Å². The van der Waals surface area contributed by atoms with Crippen LogP contribution in [0.25, 0.3) is 27.7 Å². The second-order valence-electron chi connectivity index (χ2n) is 5.09. The Hall–Kier alpha value is -2.87. The van der Waals surface area contributed by atoms with Gasteiger partial charge in [0.15, 0.2) is 5.43 Å². The molecule has 0 saturated carbocycles. The monoisotopic (exact) mass is 271 g/mol. The molecule has 0 N–H and O–H groups in total. The second-order valence-corrected chi connectivity index (χ2v) is 5.09. The summed E-state index contributed by atoms with van der Waals surface area (Å²) < 4.78 is 2.14. The van der Waals surface area contributed by atoms with Gasteiger partial charge in [0.1, 0.15) is 0 Å². The molecule has 0 saturated heterocycles. The topological polar surface area (TPSA) is 21.5 Å². The predicted octanol–water partition coefficient (Wildman–Crippen LogP) is 4.12. The second kappa shape index (κ2) is 4.60. The molecule has 0 radical (unpaired) electrons. The zero-order chi connectivity index (χ0) is 14.2. The molecule has 0 unspecified atom stereocenters. The highest BCUT2D eigenvalue weighted by molar-refractivity contribution is 5.85. The largest absolute Gasteiger partial charge is 0.309 e. The van der Waals surface area contributed by atoms with Gasteiger partial charge >= 0.3 is 0 Å². The van der Waals surface area contributed by atoms with Crippen LogP contribution < -0.4 is 5.43 Å². The summed E-state index contributed by atoms with van der Waals surface area (Å²) in [6.07, 6.45) is 0. The summed E-state index contributed by atoms with van der Waals surface area (Å²) in [4.78, 5) is 12.0. The Morgan fingerprint density at radius 1 is 0.714 bits per heavy atom. The van der Waals surface area contributed by atoms with E-state index in [9.17, 15) is 4.79 Å². The fourth-order valence-corrected chi connectivity index (χ4v) is 2.81. The minimum atomic E-state index is 0.0316. The van der Waals surface area contributed by atoms with Crippen molar-refractivity contribution < 1.29 is 0 Å². The highest BCUT2D eigenvalue weighted by atomic mass is 16.1. The van der Waals surface area contributed by atoms with Crippen LogP contribution in [0.3, 0.4) is 0 Å². The molecule has 2 heterocycles. The van der Waals surface area contributed by atoms with Crippen molar-refractivity contribution in [2.75, 3.05) is 0 Å². The van der Waals surface area contributed by atoms with Crippen molar-refractivity contribution in [2.24, 2.45) is 0 Å². The standard InChI is InChI=1S/C19H13NO/c21-17-12-16-11-10-15-8-4-5-9-18(15)20(16)19(13-17)14-6-2-1-3-7-14/h1-13H. The SMILES string of the molecule is O=c1cc(-c2ccccc2)n2c(ccc3ccccc32)c1. The minimum Gasteiger partial charge on any atom is -0.309 e.